The summed E-state index contributed by atoms with van der Waals surface area (Å²) in [7, 11) is 0. The van der Waals surface area contributed by atoms with E-state index in [1.54, 1.807) is 6.92 Å². The van der Waals surface area contributed by atoms with Gasteiger partial charge in [0, 0.05) is 6.04 Å². The molecule has 0 saturated heterocycles. The van der Waals surface area contributed by atoms with Gasteiger partial charge < -0.3 is 10.1 Å². The van der Waals surface area contributed by atoms with Gasteiger partial charge in [-0.2, -0.15) is 0 Å². The summed E-state index contributed by atoms with van der Waals surface area (Å²) in [5.74, 6) is 0.236. The van der Waals surface area contributed by atoms with Crippen molar-refractivity contribution < 1.29 is 14.3 Å². The van der Waals surface area contributed by atoms with Crippen LogP contribution in [0, 0.1) is 13.8 Å². The number of aryl methyl sites for hydroxylation is 2. The molecule has 6 nitrogen and oxygen atoms in total. The third kappa shape index (κ3) is 5.44. The lowest BCUT2D eigenvalue weighted by Gasteiger charge is -2.23. The summed E-state index contributed by atoms with van der Waals surface area (Å²) >= 11 is 0. The van der Waals surface area contributed by atoms with Crippen LogP contribution >= 0.6 is 0 Å². The maximum Gasteiger partial charge on any atom is 0.333 e. The number of hydrogen-bond acceptors (Lipinski definition) is 3. The number of amides is 3. The number of hydrogen-bond donors (Lipinski definition) is 3. The van der Waals surface area contributed by atoms with Crippen LogP contribution in [0.3, 0.4) is 0 Å². The van der Waals surface area contributed by atoms with Crippen LogP contribution in [-0.2, 0) is 4.79 Å². The van der Waals surface area contributed by atoms with Crippen molar-refractivity contribution in [2.75, 3.05) is 0 Å². The Morgan fingerprint density at radius 1 is 1.08 bits per heavy atom. The third-order valence-electron chi connectivity index (χ3n) is 4.40. The van der Waals surface area contributed by atoms with Gasteiger partial charge in [0.15, 0.2) is 6.10 Å². The molecule has 132 valence electrons. The van der Waals surface area contributed by atoms with Crippen molar-refractivity contribution in [3.63, 3.8) is 0 Å². The predicted molar refractivity (Wildman–Crippen MR) is 92.7 cm³/mol. The second-order valence-electron chi connectivity index (χ2n) is 6.43. The molecule has 1 atom stereocenters. The van der Waals surface area contributed by atoms with Gasteiger partial charge in [0.1, 0.15) is 5.75 Å². The Bertz CT molecular complexity index is 583. The maximum absolute atomic E-state index is 12.0. The van der Waals surface area contributed by atoms with Gasteiger partial charge in [-0.05, 0) is 56.9 Å². The number of urea groups is 1. The average molecular weight is 333 g/mol. The first-order chi connectivity index (χ1) is 11.5. The van der Waals surface area contributed by atoms with Crippen molar-refractivity contribution in [2.45, 2.75) is 65.0 Å². The second kappa shape index (κ2) is 8.57. The van der Waals surface area contributed by atoms with Crippen LogP contribution in [0.4, 0.5) is 4.79 Å². The van der Waals surface area contributed by atoms with Gasteiger partial charge in [-0.25, -0.2) is 10.2 Å². The van der Waals surface area contributed by atoms with E-state index in [1.165, 1.54) is 12.0 Å². The quantitative estimate of drug-likeness (QED) is 0.741. The summed E-state index contributed by atoms with van der Waals surface area (Å²) in [6.07, 6.45) is 4.78. The Kier molecular flexibility index (Phi) is 6.46. The standard InChI is InChI=1S/C18H27N3O3/c1-12-9-10-16(11-13(12)2)24-14(3)17(22)20-21-18(23)19-15-7-5-4-6-8-15/h9-11,14-15H,4-8H2,1-3H3,(H,20,22)(H2,19,21,23). The molecule has 2 rings (SSSR count). The van der Waals surface area contributed by atoms with Crippen molar-refractivity contribution in [1.82, 2.24) is 16.2 Å². The van der Waals surface area contributed by atoms with E-state index in [9.17, 15) is 9.59 Å². The number of carbonyl (C=O) groups is 2. The van der Waals surface area contributed by atoms with Crippen LogP contribution in [0.15, 0.2) is 18.2 Å². The fourth-order valence-electron chi connectivity index (χ4n) is 2.73. The SMILES string of the molecule is Cc1ccc(OC(C)C(=O)NNC(=O)NC2CCCCC2)cc1C. The molecule has 0 bridgehead atoms. The zero-order chi connectivity index (χ0) is 17.5. The van der Waals surface area contributed by atoms with Gasteiger partial charge in [0.25, 0.3) is 5.91 Å². The Hall–Kier alpha value is -2.24. The molecule has 1 aliphatic rings. The summed E-state index contributed by atoms with van der Waals surface area (Å²) < 4.78 is 5.61. The topological polar surface area (TPSA) is 79.5 Å². The van der Waals surface area contributed by atoms with Crippen molar-refractivity contribution in [3.05, 3.63) is 29.3 Å². The van der Waals surface area contributed by atoms with Crippen LogP contribution < -0.4 is 20.9 Å². The molecule has 0 aromatic heterocycles. The highest BCUT2D eigenvalue weighted by molar-refractivity contribution is 5.84. The Morgan fingerprint density at radius 2 is 1.79 bits per heavy atom. The second-order valence-corrected chi connectivity index (χ2v) is 6.43. The lowest BCUT2D eigenvalue weighted by atomic mass is 9.96. The first-order valence-electron chi connectivity index (χ1n) is 8.56. The summed E-state index contributed by atoms with van der Waals surface area (Å²) in [6.45, 7) is 5.65. The number of rotatable bonds is 4. The molecule has 1 saturated carbocycles. The van der Waals surface area contributed by atoms with Crippen molar-refractivity contribution in [1.29, 1.82) is 0 Å². The first kappa shape index (κ1) is 18.1. The van der Waals surface area contributed by atoms with Crippen LogP contribution in [0.5, 0.6) is 5.75 Å². The fourth-order valence-corrected chi connectivity index (χ4v) is 2.73. The normalized spacial score (nSPS) is 16.1. The molecule has 1 unspecified atom stereocenters. The number of ether oxygens (including phenoxy) is 1. The highest BCUT2D eigenvalue weighted by atomic mass is 16.5. The zero-order valence-electron chi connectivity index (χ0n) is 14.6. The van der Waals surface area contributed by atoms with E-state index in [0.717, 1.165) is 31.2 Å². The minimum atomic E-state index is -0.706. The van der Waals surface area contributed by atoms with Gasteiger partial charge in [0.2, 0.25) is 0 Å². The van der Waals surface area contributed by atoms with E-state index in [1.807, 2.05) is 32.0 Å². The first-order valence-corrected chi connectivity index (χ1v) is 8.56. The monoisotopic (exact) mass is 333 g/mol. The summed E-state index contributed by atoms with van der Waals surface area (Å²) in [5.41, 5.74) is 7.05. The largest absolute Gasteiger partial charge is 0.481 e. The number of carbonyl (C=O) groups excluding carboxylic acids is 2. The van der Waals surface area contributed by atoms with Crippen LogP contribution in [0.1, 0.15) is 50.2 Å². The summed E-state index contributed by atoms with van der Waals surface area (Å²) in [6, 6.07) is 5.48. The molecular weight excluding hydrogens is 306 g/mol. The van der Waals surface area contributed by atoms with Gasteiger partial charge >= 0.3 is 6.03 Å². The fraction of sp³-hybridized carbons (Fsp3) is 0.556. The summed E-state index contributed by atoms with van der Waals surface area (Å²) in [5, 5.41) is 2.87. The lowest BCUT2D eigenvalue weighted by molar-refractivity contribution is -0.128. The smallest absolute Gasteiger partial charge is 0.333 e. The van der Waals surface area contributed by atoms with Gasteiger partial charge in [-0.1, -0.05) is 25.3 Å². The molecule has 1 aromatic rings. The van der Waals surface area contributed by atoms with E-state index in [0.29, 0.717) is 5.75 Å². The Morgan fingerprint density at radius 3 is 2.46 bits per heavy atom. The van der Waals surface area contributed by atoms with E-state index in [-0.39, 0.29) is 12.1 Å². The Balaban J connectivity index is 1.74. The number of benzene rings is 1. The number of hydrazine groups is 1. The van der Waals surface area contributed by atoms with Crippen LogP contribution in [-0.4, -0.2) is 24.1 Å². The Labute approximate surface area is 143 Å². The molecule has 3 N–H and O–H groups in total. The van der Waals surface area contributed by atoms with Gasteiger partial charge in [-0.15, -0.1) is 0 Å². The summed E-state index contributed by atoms with van der Waals surface area (Å²) in [4.78, 5) is 23.8. The molecule has 0 spiro atoms. The van der Waals surface area contributed by atoms with Crippen molar-refractivity contribution in [2.24, 2.45) is 0 Å². The molecule has 6 heteroatoms. The molecular formula is C18H27N3O3. The van der Waals surface area contributed by atoms with Crippen LogP contribution in [0.2, 0.25) is 0 Å². The van der Waals surface area contributed by atoms with E-state index >= 15 is 0 Å². The van der Waals surface area contributed by atoms with Gasteiger partial charge in [0.05, 0.1) is 0 Å². The minimum absolute atomic E-state index is 0.194. The predicted octanol–water partition coefficient (Wildman–Crippen LogP) is 2.73. The van der Waals surface area contributed by atoms with Crippen LogP contribution in [0.25, 0.3) is 0 Å². The van der Waals surface area contributed by atoms with E-state index in [4.69, 9.17) is 4.74 Å². The minimum Gasteiger partial charge on any atom is -0.481 e. The third-order valence-corrected chi connectivity index (χ3v) is 4.40. The lowest BCUT2D eigenvalue weighted by Crippen LogP contribution is -2.52. The molecule has 24 heavy (non-hydrogen) atoms. The average Bonchev–Trinajstić information content (AvgIpc) is 2.57. The molecule has 1 aliphatic carbocycles. The molecule has 3 amide bonds. The van der Waals surface area contributed by atoms with E-state index < -0.39 is 12.0 Å². The molecule has 0 radical (unpaired) electrons. The molecule has 1 aromatic carbocycles. The maximum atomic E-state index is 12.0. The zero-order valence-corrected chi connectivity index (χ0v) is 14.6. The molecule has 0 heterocycles. The number of nitrogens with one attached hydrogen (secondary N) is 3. The molecule has 0 aliphatic heterocycles. The highest BCUT2D eigenvalue weighted by Gasteiger charge is 2.18. The molecule has 1 fully saturated rings. The van der Waals surface area contributed by atoms with Crippen molar-refractivity contribution in [3.8, 4) is 5.75 Å². The van der Waals surface area contributed by atoms with Gasteiger partial charge in [-0.3, -0.25) is 10.2 Å². The van der Waals surface area contributed by atoms with E-state index in [2.05, 4.69) is 16.2 Å². The highest BCUT2D eigenvalue weighted by Crippen LogP contribution is 2.18. The van der Waals surface area contributed by atoms with Crippen molar-refractivity contribution >= 4 is 11.9 Å².